The molecule has 1 atom stereocenters. The molecule has 0 aliphatic carbocycles. The van der Waals surface area contributed by atoms with Crippen molar-refractivity contribution in [1.29, 1.82) is 0 Å². The van der Waals surface area contributed by atoms with Crippen LogP contribution in [0.4, 0.5) is 0 Å². The van der Waals surface area contributed by atoms with E-state index in [-0.39, 0.29) is 31.1 Å². The second-order valence-corrected chi connectivity index (χ2v) is 21.6. The Morgan fingerprint density at radius 3 is 0.742 bits per heavy atom. The second kappa shape index (κ2) is 52.8. The minimum atomic E-state index is -0.763. The SMILES string of the molecule is CCCCCCCCCCCCCCCCCCCC(=O)O[C@H](COC(=O)CCCCCCCCCCCCCCCC(C)C)COC(=O)CCCCCCCCCCCCCCC(C)C. The Labute approximate surface area is 412 Å². The summed E-state index contributed by atoms with van der Waals surface area (Å²) in [6, 6.07) is 0. The molecule has 0 rings (SSSR count). The molecular weight excluding hydrogens is 817 g/mol. The molecule has 392 valence electrons. The zero-order chi connectivity index (χ0) is 48.2. The third-order valence-electron chi connectivity index (χ3n) is 13.7. The molecule has 0 aliphatic rings. The Morgan fingerprint density at radius 1 is 0.288 bits per heavy atom. The average Bonchev–Trinajstić information content (AvgIpc) is 3.29. The van der Waals surface area contributed by atoms with Crippen molar-refractivity contribution in [2.45, 2.75) is 343 Å². The average molecular weight is 934 g/mol. The van der Waals surface area contributed by atoms with Gasteiger partial charge in [0.05, 0.1) is 0 Å². The van der Waals surface area contributed by atoms with Crippen LogP contribution in [0.15, 0.2) is 0 Å². The first-order valence-electron chi connectivity index (χ1n) is 29.7. The van der Waals surface area contributed by atoms with Gasteiger partial charge in [-0.25, -0.2) is 0 Å². The van der Waals surface area contributed by atoms with Gasteiger partial charge < -0.3 is 14.2 Å². The smallest absolute Gasteiger partial charge is 0.306 e. The first-order chi connectivity index (χ1) is 32.2. The van der Waals surface area contributed by atoms with Gasteiger partial charge in [-0.3, -0.25) is 14.4 Å². The minimum Gasteiger partial charge on any atom is -0.462 e. The number of unbranched alkanes of at least 4 members (excludes halogenated alkanes) is 39. The number of hydrogen-bond acceptors (Lipinski definition) is 6. The zero-order valence-electron chi connectivity index (χ0n) is 45.3. The molecular formula is C60H116O6. The standard InChI is InChI=1S/C60H116O6/c1-6-7-8-9-10-11-12-13-14-15-16-19-27-32-37-42-47-52-60(63)66-57(54-65-59(62)51-46-41-36-31-26-22-21-24-29-34-39-44-49-56(4)5)53-64-58(61)50-45-40-35-30-25-20-17-18-23-28-33-38-43-48-55(2)3/h55-57H,6-54H2,1-5H3/t57-/m1/s1. The highest BCUT2D eigenvalue weighted by molar-refractivity contribution is 5.71. The molecule has 0 bridgehead atoms. The molecule has 0 N–H and O–H groups in total. The lowest BCUT2D eigenvalue weighted by Crippen LogP contribution is -2.30. The summed E-state index contributed by atoms with van der Waals surface area (Å²) in [6.45, 7) is 11.4. The van der Waals surface area contributed by atoms with Gasteiger partial charge in [-0.1, -0.05) is 298 Å². The summed E-state index contributed by atoms with van der Waals surface area (Å²) in [6.07, 6.45) is 56.6. The van der Waals surface area contributed by atoms with Gasteiger partial charge in [0.2, 0.25) is 0 Å². The number of rotatable bonds is 54. The summed E-state index contributed by atoms with van der Waals surface area (Å²) in [5.41, 5.74) is 0. The lowest BCUT2D eigenvalue weighted by Gasteiger charge is -2.18. The van der Waals surface area contributed by atoms with Crippen molar-refractivity contribution in [2.24, 2.45) is 11.8 Å². The lowest BCUT2D eigenvalue weighted by atomic mass is 10.0. The van der Waals surface area contributed by atoms with Crippen LogP contribution in [-0.4, -0.2) is 37.2 Å². The zero-order valence-corrected chi connectivity index (χ0v) is 45.3. The van der Waals surface area contributed by atoms with E-state index >= 15 is 0 Å². The molecule has 0 aromatic rings. The highest BCUT2D eigenvalue weighted by Crippen LogP contribution is 2.18. The van der Waals surface area contributed by atoms with E-state index in [0.29, 0.717) is 19.3 Å². The molecule has 0 saturated heterocycles. The van der Waals surface area contributed by atoms with Crippen molar-refractivity contribution in [3.8, 4) is 0 Å². The second-order valence-electron chi connectivity index (χ2n) is 21.6. The summed E-state index contributed by atoms with van der Waals surface area (Å²) in [5.74, 6) is 0.837. The van der Waals surface area contributed by atoms with E-state index in [2.05, 4.69) is 34.6 Å². The van der Waals surface area contributed by atoms with Crippen molar-refractivity contribution in [3.05, 3.63) is 0 Å². The van der Waals surface area contributed by atoms with Crippen LogP contribution in [0.2, 0.25) is 0 Å². The molecule has 0 aromatic heterocycles. The van der Waals surface area contributed by atoms with E-state index < -0.39 is 6.10 Å². The predicted octanol–water partition coefficient (Wildman–Crippen LogP) is 19.7. The summed E-state index contributed by atoms with van der Waals surface area (Å²) in [7, 11) is 0. The van der Waals surface area contributed by atoms with Gasteiger partial charge in [0, 0.05) is 19.3 Å². The van der Waals surface area contributed by atoms with Crippen molar-refractivity contribution in [2.75, 3.05) is 13.2 Å². The van der Waals surface area contributed by atoms with Gasteiger partial charge in [-0.2, -0.15) is 0 Å². The van der Waals surface area contributed by atoms with E-state index in [4.69, 9.17) is 14.2 Å². The fraction of sp³-hybridized carbons (Fsp3) is 0.950. The van der Waals surface area contributed by atoms with E-state index in [1.54, 1.807) is 0 Å². The molecule has 6 nitrogen and oxygen atoms in total. The van der Waals surface area contributed by atoms with Crippen molar-refractivity contribution >= 4 is 17.9 Å². The largest absolute Gasteiger partial charge is 0.462 e. The normalized spacial score (nSPS) is 12.0. The number of carbonyl (C=O) groups excluding carboxylic acids is 3. The van der Waals surface area contributed by atoms with Crippen LogP contribution in [0.5, 0.6) is 0 Å². The van der Waals surface area contributed by atoms with Gasteiger partial charge in [0.15, 0.2) is 6.10 Å². The Kier molecular flexibility index (Phi) is 51.5. The van der Waals surface area contributed by atoms with E-state index in [9.17, 15) is 14.4 Å². The Hall–Kier alpha value is -1.59. The quantitative estimate of drug-likeness (QED) is 0.0343. The van der Waals surface area contributed by atoms with Crippen molar-refractivity contribution in [1.82, 2.24) is 0 Å². The monoisotopic (exact) mass is 933 g/mol. The van der Waals surface area contributed by atoms with Crippen LogP contribution in [0.25, 0.3) is 0 Å². The van der Waals surface area contributed by atoms with Crippen molar-refractivity contribution < 1.29 is 28.6 Å². The molecule has 6 heteroatoms. The first kappa shape index (κ1) is 64.4. The third kappa shape index (κ3) is 53.4. The predicted molar refractivity (Wildman–Crippen MR) is 284 cm³/mol. The lowest BCUT2D eigenvalue weighted by molar-refractivity contribution is -0.167. The Balaban J connectivity index is 4.30. The summed E-state index contributed by atoms with van der Waals surface area (Å²) in [4.78, 5) is 38.2. The van der Waals surface area contributed by atoms with Gasteiger partial charge in [0.1, 0.15) is 13.2 Å². The fourth-order valence-corrected chi connectivity index (χ4v) is 9.23. The van der Waals surface area contributed by atoms with Crippen LogP contribution in [-0.2, 0) is 28.6 Å². The minimum absolute atomic E-state index is 0.0625. The number of hydrogen-bond donors (Lipinski definition) is 0. The van der Waals surface area contributed by atoms with Crippen molar-refractivity contribution in [3.63, 3.8) is 0 Å². The molecule has 0 aliphatic heterocycles. The Morgan fingerprint density at radius 2 is 0.500 bits per heavy atom. The van der Waals surface area contributed by atoms with Gasteiger partial charge >= 0.3 is 17.9 Å². The molecule has 0 fully saturated rings. The molecule has 66 heavy (non-hydrogen) atoms. The van der Waals surface area contributed by atoms with Crippen LogP contribution in [0, 0.1) is 11.8 Å². The third-order valence-corrected chi connectivity index (χ3v) is 13.7. The van der Waals surface area contributed by atoms with Gasteiger partial charge in [-0.15, -0.1) is 0 Å². The maximum atomic E-state index is 12.9. The van der Waals surface area contributed by atoms with E-state index in [1.165, 1.54) is 225 Å². The molecule has 0 amide bonds. The maximum Gasteiger partial charge on any atom is 0.306 e. The summed E-state index contributed by atoms with van der Waals surface area (Å²) < 4.78 is 16.9. The molecule has 0 aromatic carbocycles. The first-order valence-corrected chi connectivity index (χ1v) is 29.7. The number of carbonyl (C=O) groups is 3. The van der Waals surface area contributed by atoms with Crippen LogP contribution in [0.1, 0.15) is 336 Å². The topological polar surface area (TPSA) is 78.9 Å². The fourth-order valence-electron chi connectivity index (χ4n) is 9.23. The molecule has 0 saturated carbocycles. The molecule has 0 heterocycles. The summed E-state index contributed by atoms with van der Waals surface area (Å²) in [5, 5.41) is 0. The Bertz CT molecular complexity index is 1010. The number of ether oxygens (including phenoxy) is 3. The maximum absolute atomic E-state index is 12.9. The highest BCUT2D eigenvalue weighted by Gasteiger charge is 2.19. The molecule has 0 unspecified atom stereocenters. The van der Waals surface area contributed by atoms with Crippen LogP contribution >= 0.6 is 0 Å². The summed E-state index contributed by atoms with van der Waals surface area (Å²) >= 11 is 0. The molecule has 0 spiro atoms. The van der Waals surface area contributed by atoms with Gasteiger partial charge in [0.25, 0.3) is 0 Å². The molecule has 0 radical (unpaired) electrons. The van der Waals surface area contributed by atoms with Crippen LogP contribution in [0.3, 0.4) is 0 Å². The van der Waals surface area contributed by atoms with Crippen LogP contribution < -0.4 is 0 Å². The number of esters is 3. The van der Waals surface area contributed by atoms with E-state index in [1.807, 2.05) is 0 Å². The van der Waals surface area contributed by atoms with Gasteiger partial charge in [-0.05, 0) is 31.1 Å². The highest BCUT2D eigenvalue weighted by atomic mass is 16.6. The van der Waals surface area contributed by atoms with E-state index in [0.717, 1.165) is 69.6 Å².